The van der Waals surface area contributed by atoms with Crippen LogP contribution in [0, 0.1) is 11.6 Å². The fraction of sp³-hybridized carbons (Fsp3) is 0.462. The van der Waals surface area contributed by atoms with Crippen LogP contribution < -0.4 is 5.32 Å². The number of carbonyl (C=O) groups is 1. The third kappa shape index (κ3) is 3.50. The van der Waals surface area contributed by atoms with Crippen LogP contribution in [0.3, 0.4) is 0 Å². The zero-order chi connectivity index (χ0) is 13.8. The van der Waals surface area contributed by atoms with Crippen molar-refractivity contribution in [2.24, 2.45) is 0 Å². The minimum atomic E-state index is -0.994. The van der Waals surface area contributed by atoms with Gasteiger partial charge < -0.3 is 10.4 Å². The Labute approximate surface area is 105 Å². The Morgan fingerprint density at radius 3 is 2.44 bits per heavy atom. The number of aliphatic hydroxyl groups is 1. The maximum absolute atomic E-state index is 13.3. The predicted molar refractivity (Wildman–Crippen MR) is 64.2 cm³/mol. The summed E-state index contributed by atoms with van der Waals surface area (Å²) in [4.78, 5) is 11.7. The molecule has 0 bridgehead atoms. The molecule has 0 aliphatic rings. The minimum absolute atomic E-state index is 0.0374. The Hall–Kier alpha value is -1.49. The Morgan fingerprint density at radius 1 is 1.33 bits per heavy atom. The molecule has 0 aliphatic heterocycles. The van der Waals surface area contributed by atoms with Gasteiger partial charge in [-0.3, -0.25) is 4.79 Å². The number of hydrogen-bond acceptors (Lipinski definition) is 2. The molecule has 1 aromatic rings. The van der Waals surface area contributed by atoms with Crippen molar-refractivity contribution < 1.29 is 18.7 Å². The van der Waals surface area contributed by atoms with Crippen molar-refractivity contribution in [2.45, 2.75) is 32.3 Å². The van der Waals surface area contributed by atoms with Gasteiger partial charge in [-0.1, -0.05) is 13.8 Å². The highest BCUT2D eigenvalue weighted by Gasteiger charge is 2.23. The molecule has 0 atom stereocenters. The lowest BCUT2D eigenvalue weighted by molar-refractivity contribution is 0.0313. The molecule has 0 heterocycles. The lowest BCUT2D eigenvalue weighted by atomic mass is 9.97. The molecule has 0 aromatic heterocycles. The van der Waals surface area contributed by atoms with Crippen LogP contribution in [0.2, 0.25) is 0 Å². The summed E-state index contributed by atoms with van der Waals surface area (Å²) in [6.45, 7) is 3.64. The van der Waals surface area contributed by atoms with Crippen LogP contribution in [-0.4, -0.2) is 23.2 Å². The highest BCUT2D eigenvalue weighted by molar-refractivity contribution is 5.94. The smallest absolute Gasteiger partial charge is 0.254 e. The fourth-order valence-corrected chi connectivity index (χ4v) is 1.51. The van der Waals surface area contributed by atoms with Gasteiger partial charge in [0.05, 0.1) is 11.2 Å². The van der Waals surface area contributed by atoms with E-state index in [0.717, 1.165) is 12.1 Å². The topological polar surface area (TPSA) is 49.3 Å². The summed E-state index contributed by atoms with van der Waals surface area (Å²) in [7, 11) is 0. The van der Waals surface area contributed by atoms with E-state index in [9.17, 15) is 18.7 Å². The van der Waals surface area contributed by atoms with Crippen molar-refractivity contribution in [1.82, 2.24) is 5.32 Å². The molecule has 3 nitrogen and oxygen atoms in total. The number of rotatable bonds is 5. The van der Waals surface area contributed by atoms with Gasteiger partial charge in [0.15, 0.2) is 0 Å². The first-order valence-electron chi connectivity index (χ1n) is 5.87. The molecular formula is C13H17F2NO2. The second-order valence-corrected chi connectivity index (χ2v) is 4.24. The van der Waals surface area contributed by atoms with Crippen LogP contribution >= 0.6 is 0 Å². The summed E-state index contributed by atoms with van der Waals surface area (Å²) in [5, 5.41) is 12.4. The van der Waals surface area contributed by atoms with E-state index in [4.69, 9.17) is 0 Å². The molecule has 1 amide bonds. The van der Waals surface area contributed by atoms with E-state index in [1.807, 2.05) is 0 Å². The summed E-state index contributed by atoms with van der Waals surface area (Å²) in [5.41, 5.74) is -1.22. The molecule has 0 fully saturated rings. The van der Waals surface area contributed by atoms with Crippen LogP contribution in [0.1, 0.15) is 37.0 Å². The second-order valence-electron chi connectivity index (χ2n) is 4.24. The second kappa shape index (κ2) is 5.91. The lowest BCUT2D eigenvalue weighted by Crippen LogP contribution is -2.42. The molecule has 1 aromatic carbocycles. The van der Waals surface area contributed by atoms with Gasteiger partial charge in [-0.25, -0.2) is 8.78 Å². The normalized spacial score (nSPS) is 11.4. The van der Waals surface area contributed by atoms with E-state index in [0.29, 0.717) is 18.9 Å². The Balaban J connectivity index is 2.71. The van der Waals surface area contributed by atoms with Gasteiger partial charge >= 0.3 is 0 Å². The third-order valence-corrected chi connectivity index (χ3v) is 3.07. The first-order valence-corrected chi connectivity index (χ1v) is 5.87. The maximum Gasteiger partial charge on any atom is 0.254 e. The Bertz CT molecular complexity index is 431. The van der Waals surface area contributed by atoms with Gasteiger partial charge in [0.2, 0.25) is 0 Å². The zero-order valence-corrected chi connectivity index (χ0v) is 10.5. The fourth-order valence-electron chi connectivity index (χ4n) is 1.51. The SMILES string of the molecule is CCC(O)(CC)CNC(=O)c1ccc(F)cc1F. The van der Waals surface area contributed by atoms with Gasteiger partial charge in [-0.05, 0) is 25.0 Å². The van der Waals surface area contributed by atoms with E-state index in [1.54, 1.807) is 13.8 Å². The Kier molecular flexibility index (Phi) is 4.78. The monoisotopic (exact) mass is 257 g/mol. The van der Waals surface area contributed by atoms with Gasteiger partial charge in [0, 0.05) is 12.6 Å². The minimum Gasteiger partial charge on any atom is -0.388 e. The number of amides is 1. The lowest BCUT2D eigenvalue weighted by Gasteiger charge is -2.25. The van der Waals surface area contributed by atoms with Crippen molar-refractivity contribution in [3.05, 3.63) is 35.4 Å². The van der Waals surface area contributed by atoms with Crippen LogP contribution in [0.4, 0.5) is 8.78 Å². The molecule has 0 aliphatic carbocycles. The number of halogens is 2. The molecule has 0 unspecified atom stereocenters. The van der Waals surface area contributed by atoms with Crippen LogP contribution in [-0.2, 0) is 0 Å². The van der Waals surface area contributed by atoms with E-state index >= 15 is 0 Å². The van der Waals surface area contributed by atoms with Gasteiger partial charge in [-0.15, -0.1) is 0 Å². The van der Waals surface area contributed by atoms with Crippen LogP contribution in [0.5, 0.6) is 0 Å². The first kappa shape index (κ1) is 14.6. The number of carbonyl (C=O) groups excluding carboxylic acids is 1. The van der Waals surface area contributed by atoms with Crippen molar-refractivity contribution >= 4 is 5.91 Å². The zero-order valence-electron chi connectivity index (χ0n) is 10.5. The van der Waals surface area contributed by atoms with Crippen LogP contribution in [0.15, 0.2) is 18.2 Å². The molecule has 0 saturated carbocycles. The Morgan fingerprint density at radius 2 is 1.94 bits per heavy atom. The van der Waals surface area contributed by atoms with Crippen molar-refractivity contribution in [2.75, 3.05) is 6.54 Å². The summed E-state index contributed by atoms with van der Waals surface area (Å²) in [6, 6.07) is 2.75. The molecule has 18 heavy (non-hydrogen) atoms. The van der Waals surface area contributed by atoms with E-state index in [1.165, 1.54) is 0 Å². The van der Waals surface area contributed by atoms with E-state index in [2.05, 4.69) is 5.32 Å². The average molecular weight is 257 g/mol. The maximum atomic E-state index is 13.3. The first-order chi connectivity index (χ1) is 8.41. The molecule has 5 heteroatoms. The molecule has 0 spiro atoms. The van der Waals surface area contributed by atoms with Crippen molar-refractivity contribution in [1.29, 1.82) is 0 Å². The van der Waals surface area contributed by atoms with Gasteiger partial charge in [0.1, 0.15) is 11.6 Å². The van der Waals surface area contributed by atoms with E-state index in [-0.39, 0.29) is 12.1 Å². The van der Waals surface area contributed by atoms with Crippen LogP contribution in [0.25, 0.3) is 0 Å². The molecule has 100 valence electrons. The summed E-state index contributed by atoms with van der Waals surface area (Å²) in [5.74, 6) is -2.31. The summed E-state index contributed by atoms with van der Waals surface area (Å²) in [6.07, 6.45) is 0.964. The largest absolute Gasteiger partial charge is 0.388 e. The van der Waals surface area contributed by atoms with Gasteiger partial charge in [0.25, 0.3) is 5.91 Å². The number of nitrogens with one attached hydrogen (secondary N) is 1. The van der Waals surface area contributed by atoms with Gasteiger partial charge in [-0.2, -0.15) is 0 Å². The average Bonchev–Trinajstić information content (AvgIpc) is 2.35. The molecule has 2 N–H and O–H groups in total. The van der Waals surface area contributed by atoms with Crippen molar-refractivity contribution in [3.63, 3.8) is 0 Å². The molecule has 0 saturated heterocycles. The highest BCUT2D eigenvalue weighted by atomic mass is 19.1. The summed E-state index contributed by atoms with van der Waals surface area (Å²) >= 11 is 0. The standard InChI is InChI=1S/C13H17F2NO2/c1-3-13(18,4-2)8-16-12(17)10-6-5-9(14)7-11(10)15/h5-7,18H,3-4,8H2,1-2H3,(H,16,17). The third-order valence-electron chi connectivity index (χ3n) is 3.07. The predicted octanol–water partition coefficient (Wildman–Crippen LogP) is 2.25. The van der Waals surface area contributed by atoms with E-state index < -0.39 is 23.1 Å². The quantitative estimate of drug-likeness (QED) is 0.850. The molecule has 1 rings (SSSR count). The molecule has 0 radical (unpaired) electrons. The van der Waals surface area contributed by atoms with Crippen molar-refractivity contribution in [3.8, 4) is 0 Å². The highest BCUT2D eigenvalue weighted by Crippen LogP contribution is 2.14. The molecular weight excluding hydrogens is 240 g/mol. The number of benzene rings is 1. The summed E-state index contributed by atoms with van der Waals surface area (Å²) < 4.78 is 26.0. The number of hydrogen-bond donors (Lipinski definition) is 2.